The number of hydrogen-bond donors (Lipinski definition) is 1. The number of amides is 1. The number of carbonyl (C=O) groups is 1. The number of rotatable bonds is 7. The van der Waals surface area contributed by atoms with Crippen LogP contribution in [0.2, 0.25) is 5.02 Å². The predicted molar refractivity (Wildman–Crippen MR) is 142 cm³/mol. The first kappa shape index (κ1) is 23.5. The number of likely N-dealkylation sites (tertiary alicyclic amines) is 1. The first-order valence-corrected chi connectivity index (χ1v) is 12.5. The molecule has 1 N–H and O–H groups in total. The third-order valence-electron chi connectivity index (χ3n) is 6.83. The molecule has 1 aromatic heterocycles. The summed E-state index contributed by atoms with van der Waals surface area (Å²) < 4.78 is 7.66. The van der Waals surface area contributed by atoms with Gasteiger partial charge in [0.05, 0.1) is 7.11 Å². The van der Waals surface area contributed by atoms with E-state index in [9.17, 15) is 4.79 Å². The zero-order valence-corrected chi connectivity index (χ0v) is 20.7. The van der Waals surface area contributed by atoms with Gasteiger partial charge in [-0.25, -0.2) is 0 Å². The summed E-state index contributed by atoms with van der Waals surface area (Å²) in [4.78, 5) is 15.3. The average Bonchev–Trinajstić information content (AvgIpc) is 3.22. The van der Waals surface area contributed by atoms with Crippen LogP contribution in [0.25, 0.3) is 10.9 Å². The maximum atomic E-state index is 12.8. The Labute approximate surface area is 211 Å². The van der Waals surface area contributed by atoms with E-state index in [2.05, 4.69) is 57.2 Å². The number of halogens is 1. The van der Waals surface area contributed by atoms with Gasteiger partial charge in [-0.05, 0) is 73.3 Å². The molecule has 0 atom stereocenters. The molecule has 1 saturated heterocycles. The van der Waals surface area contributed by atoms with Crippen molar-refractivity contribution in [1.82, 2.24) is 9.47 Å². The Hall–Kier alpha value is -3.28. The minimum atomic E-state index is 0.0253. The average molecular weight is 488 g/mol. The lowest BCUT2D eigenvalue weighted by atomic mass is 9.95. The highest BCUT2D eigenvalue weighted by Crippen LogP contribution is 2.26. The number of benzene rings is 3. The summed E-state index contributed by atoms with van der Waals surface area (Å²) in [6.07, 6.45) is 1.71. The molecule has 180 valence electrons. The second-order valence-corrected chi connectivity index (χ2v) is 9.62. The Morgan fingerprint density at radius 2 is 1.74 bits per heavy atom. The summed E-state index contributed by atoms with van der Waals surface area (Å²) in [5, 5.41) is 5.07. The molecule has 5 rings (SSSR count). The highest BCUT2D eigenvalue weighted by atomic mass is 35.5. The summed E-state index contributed by atoms with van der Waals surface area (Å²) in [6.45, 7) is 3.48. The Bertz CT molecular complexity index is 1310. The van der Waals surface area contributed by atoms with Crippen molar-refractivity contribution in [3.05, 3.63) is 95.1 Å². The fourth-order valence-corrected chi connectivity index (χ4v) is 5.01. The number of ether oxygens (including phenoxy) is 1. The fourth-order valence-electron chi connectivity index (χ4n) is 4.89. The van der Waals surface area contributed by atoms with Crippen molar-refractivity contribution in [2.45, 2.75) is 25.9 Å². The topological polar surface area (TPSA) is 46.5 Å². The zero-order valence-electron chi connectivity index (χ0n) is 19.9. The van der Waals surface area contributed by atoms with Gasteiger partial charge >= 0.3 is 0 Å². The molecule has 5 nitrogen and oxygen atoms in total. The minimum absolute atomic E-state index is 0.0253. The number of carbonyl (C=O) groups excluding carboxylic acids is 1. The number of nitrogens with zero attached hydrogens (tertiary/aromatic N) is 2. The molecule has 3 aromatic carbocycles. The van der Waals surface area contributed by atoms with Crippen LogP contribution in [0.4, 0.5) is 5.69 Å². The van der Waals surface area contributed by atoms with E-state index in [1.165, 1.54) is 22.2 Å². The van der Waals surface area contributed by atoms with E-state index in [0.29, 0.717) is 0 Å². The van der Waals surface area contributed by atoms with Crippen molar-refractivity contribution in [3.63, 3.8) is 0 Å². The standard InChI is InChI=1S/C29H30ClN3O2/c1-35-27-7-4-6-25(18-27)31-29(34)22-13-15-32(16-14-22)20-26-17-23-5-2-3-8-28(23)33(26)19-21-9-11-24(30)12-10-21/h2-12,17-18,22H,13-16,19-20H2,1H3,(H,31,34). The van der Waals surface area contributed by atoms with Gasteiger partial charge in [-0.2, -0.15) is 0 Å². The van der Waals surface area contributed by atoms with Crippen LogP contribution in [0.5, 0.6) is 5.75 Å². The second kappa shape index (κ2) is 10.5. The molecule has 35 heavy (non-hydrogen) atoms. The summed E-state index contributed by atoms with van der Waals surface area (Å²) in [5.41, 5.74) is 4.54. The van der Waals surface area contributed by atoms with Crippen LogP contribution in [0.1, 0.15) is 24.1 Å². The molecule has 4 aromatic rings. The van der Waals surface area contributed by atoms with Gasteiger partial charge in [0.15, 0.2) is 0 Å². The molecule has 2 heterocycles. The largest absolute Gasteiger partial charge is 0.497 e. The maximum absolute atomic E-state index is 12.8. The van der Waals surface area contributed by atoms with Crippen molar-refractivity contribution < 1.29 is 9.53 Å². The molecule has 1 aliphatic rings. The van der Waals surface area contributed by atoms with Crippen LogP contribution < -0.4 is 10.1 Å². The van der Waals surface area contributed by atoms with Gasteiger partial charge in [0, 0.05) is 47.0 Å². The lowest BCUT2D eigenvalue weighted by molar-refractivity contribution is -0.121. The molecule has 0 unspecified atom stereocenters. The molecule has 0 aliphatic carbocycles. The number of nitrogens with one attached hydrogen (secondary N) is 1. The number of hydrogen-bond acceptors (Lipinski definition) is 3. The first-order valence-electron chi connectivity index (χ1n) is 12.1. The van der Waals surface area contributed by atoms with E-state index in [-0.39, 0.29) is 11.8 Å². The van der Waals surface area contributed by atoms with E-state index in [4.69, 9.17) is 16.3 Å². The molecular weight excluding hydrogens is 458 g/mol. The van der Waals surface area contributed by atoms with E-state index in [1.54, 1.807) is 7.11 Å². The molecule has 1 aliphatic heterocycles. The Balaban J connectivity index is 1.25. The minimum Gasteiger partial charge on any atom is -0.497 e. The molecule has 0 spiro atoms. The predicted octanol–water partition coefficient (Wildman–Crippen LogP) is 6.20. The Morgan fingerprint density at radius 1 is 0.971 bits per heavy atom. The monoisotopic (exact) mass is 487 g/mol. The first-order chi connectivity index (χ1) is 17.1. The third-order valence-corrected chi connectivity index (χ3v) is 7.08. The van der Waals surface area contributed by atoms with Crippen molar-refractivity contribution >= 4 is 34.1 Å². The molecule has 1 fully saturated rings. The second-order valence-electron chi connectivity index (χ2n) is 9.18. The van der Waals surface area contributed by atoms with Crippen LogP contribution in [-0.4, -0.2) is 35.6 Å². The summed E-state index contributed by atoms with van der Waals surface area (Å²) in [6, 6.07) is 26.4. The zero-order chi connectivity index (χ0) is 24.2. The summed E-state index contributed by atoms with van der Waals surface area (Å²) in [5.74, 6) is 0.860. The molecule has 1 amide bonds. The van der Waals surface area contributed by atoms with E-state index in [1.807, 2.05) is 36.4 Å². The molecule has 0 saturated carbocycles. The third kappa shape index (κ3) is 5.53. The van der Waals surface area contributed by atoms with E-state index >= 15 is 0 Å². The SMILES string of the molecule is COc1cccc(NC(=O)C2CCN(Cc3cc4ccccc4n3Cc3ccc(Cl)cc3)CC2)c1. The number of anilines is 1. The lowest BCUT2D eigenvalue weighted by Crippen LogP contribution is -2.38. The van der Waals surface area contributed by atoms with Gasteiger partial charge in [-0.3, -0.25) is 9.69 Å². The van der Waals surface area contributed by atoms with Crippen molar-refractivity contribution in [2.24, 2.45) is 5.92 Å². The highest BCUT2D eigenvalue weighted by Gasteiger charge is 2.26. The van der Waals surface area contributed by atoms with Gasteiger partial charge in [0.1, 0.15) is 5.75 Å². The van der Waals surface area contributed by atoms with E-state index in [0.717, 1.165) is 55.5 Å². The number of methoxy groups -OCH3 is 1. The van der Waals surface area contributed by atoms with Crippen LogP contribution in [-0.2, 0) is 17.9 Å². The van der Waals surface area contributed by atoms with Crippen LogP contribution >= 0.6 is 11.6 Å². The van der Waals surface area contributed by atoms with Gasteiger partial charge in [0.2, 0.25) is 5.91 Å². The Morgan fingerprint density at radius 3 is 2.51 bits per heavy atom. The van der Waals surface area contributed by atoms with Gasteiger partial charge in [0.25, 0.3) is 0 Å². The molecular formula is C29H30ClN3O2. The number of aromatic nitrogens is 1. The molecule has 0 bridgehead atoms. The molecule has 6 heteroatoms. The fraction of sp³-hybridized carbons (Fsp3) is 0.276. The van der Waals surface area contributed by atoms with Crippen molar-refractivity contribution in [3.8, 4) is 5.75 Å². The number of piperidine rings is 1. The van der Waals surface area contributed by atoms with E-state index < -0.39 is 0 Å². The van der Waals surface area contributed by atoms with Crippen LogP contribution in [0.3, 0.4) is 0 Å². The summed E-state index contributed by atoms with van der Waals surface area (Å²) in [7, 11) is 1.63. The smallest absolute Gasteiger partial charge is 0.227 e. The van der Waals surface area contributed by atoms with Crippen molar-refractivity contribution in [1.29, 1.82) is 0 Å². The number of para-hydroxylation sites is 1. The van der Waals surface area contributed by atoms with Gasteiger partial charge < -0.3 is 14.6 Å². The quantitative estimate of drug-likeness (QED) is 0.337. The Kier molecular flexibility index (Phi) is 7.07. The lowest BCUT2D eigenvalue weighted by Gasteiger charge is -2.31. The highest BCUT2D eigenvalue weighted by molar-refractivity contribution is 6.30. The van der Waals surface area contributed by atoms with Crippen LogP contribution in [0.15, 0.2) is 78.9 Å². The molecule has 0 radical (unpaired) electrons. The van der Waals surface area contributed by atoms with Crippen LogP contribution in [0, 0.1) is 5.92 Å². The van der Waals surface area contributed by atoms with Gasteiger partial charge in [-0.1, -0.05) is 48.0 Å². The summed E-state index contributed by atoms with van der Waals surface area (Å²) >= 11 is 6.09. The number of fused-ring (bicyclic) bond motifs is 1. The van der Waals surface area contributed by atoms with Gasteiger partial charge in [-0.15, -0.1) is 0 Å². The normalized spacial score (nSPS) is 14.8. The van der Waals surface area contributed by atoms with Crippen molar-refractivity contribution in [2.75, 3.05) is 25.5 Å². The maximum Gasteiger partial charge on any atom is 0.227 e.